The predicted molar refractivity (Wildman–Crippen MR) is 66.4 cm³/mol. The Balaban J connectivity index is 2.15. The average Bonchev–Trinajstić information content (AvgIpc) is 2.77. The number of nitrogens with two attached hydrogens (primary N) is 1. The van der Waals surface area contributed by atoms with Gasteiger partial charge in [0.2, 0.25) is 0 Å². The zero-order valence-electron chi connectivity index (χ0n) is 7.98. The number of anilines is 2. The molecule has 0 atom stereocenters. The number of aromatic nitrogens is 2. The highest BCUT2D eigenvalue weighted by atomic mass is 79.9. The molecular formula is C9H7BrN4OS. The number of nitrogen functional groups attached to an aromatic ring is 1. The molecule has 0 aliphatic rings. The predicted octanol–water partition coefficient (Wildman–Crippen LogP) is 2.14. The molecule has 0 unspecified atom stereocenters. The van der Waals surface area contributed by atoms with Crippen LogP contribution >= 0.6 is 27.5 Å². The van der Waals surface area contributed by atoms with Gasteiger partial charge in [0.05, 0.1) is 0 Å². The van der Waals surface area contributed by atoms with Crippen LogP contribution in [0.5, 0.6) is 0 Å². The highest BCUT2D eigenvalue weighted by Gasteiger charge is 2.09. The third-order valence-corrected chi connectivity index (χ3v) is 3.07. The summed E-state index contributed by atoms with van der Waals surface area (Å²) in [5.41, 5.74) is 7.18. The summed E-state index contributed by atoms with van der Waals surface area (Å²) in [6.45, 7) is 0. The van der Waals surface area contributed by atoms with E-state index in [0.29, 0.717) is 17.1 Å². The normalized spacial score (nSPS) is 10.1. The summed E-state index contributed by atoms with van der Waals surface area (Å²) in [5.74, 6) is -0.296. The Kier molecular flexibility index (Phi) is 3.16. The van der Waals surface area contributed by atoms with E-state index in [0.717, 1.165) is 16.0 Å². The van der Waals surface area contributed by atoms with Gasteiger partial charge in [0, 0.05) is 21.2 Å². The van der Waals surface area contributed by atoms with Gasteiger partial charge < -0.3 is 11.1 Å². The van der Waals surface area contributed by atoms with Gasteiger partial charge in [-0.2, -0.15) is 0 Å². The van der Waals surface area contributed by atoms with Crippen molar-refractivity contribution in [2.24, 2.45) is 0 Å². The van der Waals surface area contributed by atoms with Crippen LogP contribution in [0.3, 0.4) is 0 Å². The minimum Gasteiger partial charge on any atom is -0.398 e. The van der Waals surface area contributed by atoms with Crippen LogP contribution in [-0.2, 0) is 0 Å². The van der Waals surface area contributed by atoms with Gasteiger partial charge in [-0.15, -0.1) is 5.10 Å². The lowest BCUT2D eigenvalue weighted by molar-refractivity contribution is 0.102. The van der Waals surface area contributed by atoms with E-state index in [9.17, 15) is 4.79 Å². The van der Waals surface area contributed by atoms with E-state index in [1.807, 2.05) is 0 Å². The average molecular weight is 299 g/mol. The zero-order chi connectivity index (χ0) is 11.5. The van der Waals surface area contributed by atoms with Crippen LogP contribution in [0.1, 0.15) is 10.5 Å². The molecule has 0 saturated heterocycles. The minimum absolute atomic E-state index is 0.296. The van der Waals surface area contributed by atoms with Gasteiger partial charge >= 0.3 is 0 Å². The van der Waals surface area contributed by atoms with Crippen LogP contribution in [0, 0.1) is 0 Å². The first-order valence-corrected chi connectivity index (χ1v) is 5.93. The van der Waals surface area contributed by atoms with Gasteiger partial charge in [-0.1, -0.05) is 4.49 Å². The first kappa shape index (κ1) is 11.0. The molecule has 5 nitrogen and oxygen atoms in total. The van der Waals surface area contributed by atoms with Crippen molar-refractivity contribution in [1.29, 1.82) is 0 Å². The lowest BCUT2D eigenvalue weighted by Crippen LogP contribution is -2.12. The number of carbonyl (C=O) groups is 1. The first-order chi connectivity index (χ1) is 7.66. The highest BCUT2D eigenvalue weighted by Crippen LogP contribution is 2.23. The molecule has 1 amide bonds. The van der Waals surface area contributed by atoms with E-state index in [1.54, 1.807) is 23.6 Å². The molecule has 0 aliphatic heterocycles. The molecular weight excluding hydrogens is 292 g/mol. The fraction of sp³-hybridized carbons (Fsp3) is 0. The van der Waals surface area contributed by atoms with Crippen molar-refractivity contribution < 1.29 is 4.79 Å². The number of halogens is 1. The van der Waals surface area contributed by atoms with Crippen molar-refractivity contribution >= 4 is 44.7 Å². The molecule has 16 heavy (non-hydrogen) atoms. The second-order valence-corrected chi connectivity index (χ2v) is 4.44. The smallest absolute Gasteiger partial charge is 0.277 e. The molecule has 0 aliphatic carbocycles. The number of carbonyl (C=O) groups excluding carboxylic acids is 1. The van der Waals surface area contributed by atoms with E-state index < -0.39 is 0 Å². The number of rotatable bonds is 2. The van der Waals surface area contributed by atoms with Crippen molar-refractivity contribution in [2.75, 3.05) is 11.1 Å². The molecule has 7 heteroatoms. The molecule has 82 valence electrons. The fourth-order valence-electron chi connectivity index (χ4n) is 1.08. The van der Waals surface area contributed by atoms with E-state index >= 15 is 0 Å². The second-order valence-electron chi connectivity index (χ2n) is 2.98. The maximum absolute atomic E-state index is 11.6. The minimum atomic E-state index is -0.296. The summed E-state index contributed by atoms with van der Waals surface area (Å²) < 4.78 is 4.41. The Hall–Kier alpha value is -1.47. The summed E-state index contributed by atoms with van der Waals surface area (Å²) in [5, 5.41) is 7.93. The lowest BCUT2D eigenvalue weighted by Gasteiger charge is -2.04. The van der Waals surface area contributed by atoms with E-state index in [2.05, 4.69) is 30.8 Å². The molecule has 2 rings (SSSR count). The number of amides is 1. The number of nitrogens with zero attached hydrogens (tertiary/aromatic N) is 2. The van der Waals surface area contributed by atoms with E-state index in [-0.39, 0.29) is 5.91 Å². The summed E-state index contributed by atoms with van der Waals surface area (Å²) >= 11 is 4.41. The van der Waals surface area contributed by atoms with Crippen molar-refractivity contribution in [1.82, 2.24) is 9.59 Å². The van der Waals surface area contributed by atoms with Crippen LogP contribution in [-0.4, -0.2) is 15.5 Å². The highest BCUT2D eigenvalue weighted by molar-refractivity contribution is 9.10. The van der Waals surface area contributed by atoms with Gasteiger partial charge in [-0.3, -0.25) is 4.79 Å². The Morgan fingerprint density at radius 1 is 1.50 bits per heavy atom. The van der Waals surface area contributed by atoms with Crippen LogP contribution < -0.4 is 11.1 Å². The number of nitrogens with one attached hydrogen (secondary N) is 1. The second kappa shape index (κ2) is 4.58. The Bertz CT molecular complexity index is 514. The van der Waals surface area contributed by atoms with Gasteiger partial charge in [0.1, 0.15) is 0 Å². The van der Waals surface area contributed by atoms with Crippen molar-refractivity contribution in [3.63, 3.8) is 0 Å². The van der Waals surface area contributed by atoms with E-state index in [4.69, 9.17) is 5.73 Å². The maximum Gasteiger partial charge on any atom is 0.277 e. The topological polar surface area (TPSA) is 80.9 Å². The van der Waals surface area contributed by atoms with Gasteiger partial charge in [0.25, 0.3) is 5.91 Å². The molecule has 3 N–H and O–H groups in total. The van der Waals surface area contributed by atoms with Gasteiger partial charge in [0.15, 0.2) is 5.69 Å². The largest absolute Gasteiger partial charge is 0.398 e. The summed E-state index contributed by atoms with van der Waals surface area (Å²) in [7, 11) is 0. The third-order valence-electron chi connectivity index (χ3n) is 1.85. The standard InChI is InChI=1S/C9H7BrN4OS/c10-6-2-1-5(3-7(6)11)12-9(15)8-4-16-14-13-8/h1-4H,11H2,(H,12,15). The molecule has 0 spiro atoms. The first-order valence-electron chi connectivity index (χ1n) is 4.30. The fourth-order valence-corrected chi connectivity index (χ4v) is 1.76. The van der Waals surface area contributed by atoms with E-state index in [1.165, 1.54) is 0 Å². The Labute approximate surface area is 104 Å². The SMILES string of the molecule is Nc1cc(NC(=O)c2csnn2)ccc1Br. The molecule has 0 fully saturated rings. The number of hydrogen-bond acceptors (Lipinski definition) is 5. The Morgan fingerprint density at radius 2 is 2.31 bits per heavy atom. The summed E-state index contributed by atoms with van der Waals surface area (Å²) in [4.78, 5) is 11.6. The quantitative estimate of drug-likeness (QED) is 0.832. The molecule has 0 radical (unpaired) electrons. The third kappa shape index (κ3) is 2.37. The van der Waals surface area contributed by atoms with Crippen LogP contribution in [0.15, 0.2) is 28.1 Å². The van der Waals surface area contributed by atoms with Crippen LogP contribution in [0.2, 0.25) is 0 Å². The Morgan fingerprint density at radius 3 is 2.94 bits per heavy atom. The number of hydrogen-bond donors (Lipinski definition) is 2. The molecule has 1 aromatic carbocycles. The van der Waals surface area contributed by atoms with Crippen LogP contribution in [0.25, 0.3) is 0 Å². The molecule has 1 heterocycles. The zero-order valence-corrected chi connectivity index (χ0v) is 10.4. The maximum atomic E-state index is 11.6. The number of benzene rings is 1. The molecule has 2 aromatic rings. The summed E-state index contributed by atoms with van der Waals surface area (Å²) in [6, 6.07) is 5.18. The summed E-state index contributed by atoms with van der Waals surface area (Å²) in [6.07, 6.45) is 0. The lowest BCUT2D eigenvalue weighted by atomic mass is 10.3. The van der Waals surface area contributed by atoms with Gasteiger partial charge in [-0.25, -0.2) is 0 Å². The molecule has 0 saturated carbocycles. The van der Waals surface area contributed by atoms with Crippen molar-refractivity contribution in [2.45, 2.75) is 0 Å². The van der Waals surface area contributed by atoms with Crippen molar-refractivity contribution in [3.05, 3.63) is 33.7 Å². The van der Waals surface area contributed by atoms with Gasteiger partial charge in [-0.05, 0) is 45.7 Å². The molecule has 0 bridgehead atoms. The van der Waals surface area contributed by atoms with Crippen LogP contribution in [0.4, 0.5) is 11.4 Å². The molecule has 1 aromatic heterocycles. The monoisotopic (exact) mass is 298 g/mol. The van der Waals surface area contributed by atoms with Crippen molar-refractivity contribution in [3.8, 4) is 0 Å².